The van der Waals surface area contributed by atoms with E-state index in [-0.39, 0.29) is 18.9 Å². The van der Waals surface area contributed by atoms with Gasteiger partial charge in [0.25, 0.3) is 0 Å². The molecule has 1 aliphatic rings. The van der Waals surface area contributed by atoms with E-state index in [0.717, 1.165) is 0 Å². The zero-order valence-electron chi connectivity index (χ0n) is 6.11. The van der Waals surface area contributed by atoms with Crippen LogP contribution in [0.1, 0.15) is 12.8 Å². The first-order valence-corrected chi connectivity index (χ1v) is 3.27. The van der Waals surface area contributed by atoms with Crippen molar-refractivity contribution in [3.63, 3.8) is 0 Å². The van der Waals surface area contributed by atoms with Crippen molar-refractivity contribution in [2.45, 2.75) is 30.7 Å². The topological polar surface area (TPSA) is 35.2 Å². The van der Waals surface area contributed by atoms with Crippen LogP contribution in [0.2, 0.25) is 0 Å². The Labute approximate surface area is 62.5 Å². The van der Waals surface area contributed by atoms with Gasteiger partial charge in [-0.3, -0.25) is 0 Å². The van der Waals surface area contributed by atoms with E-state index in [2.05, 4.69) is 0 Å². The van der Waals surface area contributed by atoms with E-state index < -0.39 is 11.7 Å². The molecule has 0 aromatic rings. The summed E-state index contributed by atoms with van der Waals surface area (Å²) in [4.78, 5) is 0. The first-order valence-electron chi connectivity index (χ1n) is 3.27. The molecule has 11 heavy (non-hydrogen) atoms. The van der Waals surface area contributed by atoms with Gasteiger partial charge in [-0.25, -0.2) is 0 Å². The van der Waals surface area contributed by atoms with Crippen LogP contribution in [0.5, 0.6) is 0 Å². The van der Waals surface area contributed by atoms with Crippen molar-refractivity contribution in [1.82, 2.24) is 0 Å². The molecule has 0 aromatic carbocycles. The number of alkyl halides is 3. The average Bonchev–Trinajstić information content (AvgIpc) is 1.78. The molecule has 0 bridgehead atoms. The normalized spacial score (nSPS) is 38.5. The molecule has 0 aromatic heterocycles. The fourth-order valence-electron chi connectivity index (χ4n) is 1.15. The molecular weight excluding hydrogens is 159 g/mol. The van der Waals surface area contributed by atoms with Crippen LogP contribution < -0.4 is 5.73 Å². The molecule has 0 heterocycles. The van der Waals surface area contributed by atoms with Gasteiger partial charge in [0.15, 0.2) is 0 Å². The lowest BCUT2D eigenvalue weighted by Crippen LogP contribution is -2.64. The summed E-state index contributed by atoms with van der Waals surface area (Å²) in [6, 6.07) is 0. The number of halogens is 3. The van der Waals surface area contributed by atoms with Gasteiger partial charge in [0.1, 0.15) is 5.54 Å². The van der Waals surface area contributed by atoms with Crippen molar-refractivity contribution in [3.8, 4) is 0 Å². The fourth-order valence-corrected chi connectivity index (χ4v) is 1.15. The van der Waals surface area contributed by atoms with Gasteiger partial charge in [0.2, 0.25) is 0 Å². The van der Waals surface area contributed by atoms with Crippen molar-refractivity contribution < 1.29 is 17.9 Å². The van der Waals surface area contributed by atoms with Crippen LogP contribution in [0.4, 0.5) is 13.2 Å². The lowest BCUT2D eigenvalue weighted by atomic mass is 9.74. The Bertz CT molecular complexity index is 150. The monoisotopic (exact) mass is 169 g/mol. The summed E-state index contributed by atoms with van der Waals surface area (Å²) in [5.41, 5.74) is 3.05. The lowest BCUT2D eigenvalue weighted by Gasteiger charge is -2.44. The third kappa shape index (κ3) is 1.35. The Morgan fingerprint density at radius 1 is 1.45 bits per heavy atom. The molecule has 0 amide bonds. The van der Waals surface area contributed by atoms with Crippen LogP contribution >= 0.6 is 0 Å². The Morgan fingerprint density at radius 2 is 1.91 bits per heavy atom. The van der Waals surface area contributed by atoms with Gasteiger partial charge in [-0.2, -0.15) is 13.2 Å². The van der Waals surface area contributed by atoms with Crippen molar-refractivity contribution >= 4 is 0 Å². The van der Waals surface area contributed by atoms with Crippen LogP contribution in [0.15, 0.2) is 0 Å². The molecular formula is C6H10F3NO. The second kappa shape index (κ2) is 2.35. The summed E-state index contributed by atoms with van der Waals surface area (Å²) < 4.78 is 40.7. The summed E-state index contributed by atoms with van der Waals surface area (Å²) in [7, 11) is 1.39. The predicted molar refractivity (Wildman–Crippen MR) is 33.0 cm³/mol. The second-order valence-electron chi connectivity index (χ2n) is 2.92. The molecule has 1 aliphatic carbocycles. The first kappa shape index (κ1) is 8.80. The number of hydrogen-bond acceptors (Lipinski definition) is 2. The minimum absolute atomic E-state index is 0.118. The van der Waals surface area contributed by atoms with Crippen molar-refractivity contribution in [2.75, 3.05) is 7.11 Å². The van der Waals surface area contributed by atoms with E-state index in [1.165, 1.54) is 7.11 Å². The van der Waals surface area contributed by atoms with Crippen LogP contribution in [0.25, 0.3) is 0 Å². The lowest BCUT2D eigenvalue weighted by molar-refractivity contribution is -0.229. The summed E-state index contributed by atoms with van der Waals surface area (Å²) >= 11 is 0. The molecule has 2 N–H and O–H groups in total. The highest BCUT2D eigenvalue weighted by Crippen LogP contribution is 2.44. The van der Waals surface area contributed by atoms with Crippen LogP contribution in [-0.2, 0) is 4.74 Å². The smallest absolute Gasteiger partial charge is 0.381 e. The Balaban J connectivity index is 2.49. The molecule has 66 valence electrons. The second-order valence-corrected chi connectivity index (χ2v) is 2.92. The molecule has 0 unspecified atom stereocenters. The van der Waals surface area contributed by atoms with E-state index in [1.54, 1.807) is 0 Å². The van der Waals surface area contributed by atoms with E-state index in [9.17, 15) is 13.2 Å². The maximum absolute atomic E-state index is 12.0. The quantitative estimate of drug-likeness (QED) is 0.636. The van der Waals surface area contributed by atoms with Crippen molar-refractivity contribution in [2.24, 2.45) is 5.73 Å². The number of rotatable bonds is 1. The SMILES string of the molecule is COC1CC(N)(C(F)(F)F)C1. The number of nitrogens with two attached hydrogens (primary N) is 1. The zero-order valence-corrected chi connectivity index (χ0v) is 6.11. The number of hydrogen-bond donors (Lipinski definition) is 1. The molecule has 0 radical (unpaired) electrons. The Hall–Kier alpha value is -0.290. The largest absolute Gasteiger partial charge is 0.406 e. The minimum atomic E-state index is -4.29. The maximum Gasteiger partial charge on any atom is 0.406 e. The summed E-state index contributed by atoms with van der Waals surface area (Å²) in [6.45, 7) is 0. The van der Waals surface area contributed by atoms with Gasteiger partial charge < -0.3 is 10.5 Å². The maximum atomic E-state index is 12.0. The first-order chi connectivity index (χ1) is 4.89. The highest BCUT2D eigenvalue weighted by Gasteiger charge is 2.59. The highest BCUT2D eigenvalue weighted by atomic mass is 19.4. The summed E-state index contributed by atoms with van der Waals surface area (Å²) in [5, 5.41) is 0. The molecule has 0 aliphatic heterocycles. The van der Waals surface area contributed by atoms with Gasteiger partial charge in [-0.15, -0.1) is 0 Å². The Morgan fingerprint density at radius 3 is 2.18 bits per heavy atom. The van der Waals surface area contributed by atoms with Gasteiger partial charge in [0.05, 0.1) is 6.10 Å². The molecule has 5 heteroatoms. The van der Waals surface area contributed by atoms with Gasteiger partial charge >= 0.3 is 6.18 Å². The molecule has 1 rings (SSSR count). The van der Waals surface area contributed by atoms with Crippen molar-refractivity contribution in [3.05, 3.63) is 0 Å². The zero-order chi connectivity index (χ0) is 8.70. The summed E-state index contributed by atoms with van der Waals surface area (Å²) in [6.07, 6.45) is -4.84. The van der Waals surface area contributed by atoms with E-state index in [1.807, 2.05) is 0 Å². The molecule has 0 saturated heterocycles. The van der Waals surface area contributed by atoms with Gasteiger partial charge in [0, 0.05) is 20.0 Å². The minimum Gasteiger partial charge on any atom is -0.381 e. The molecule has 0 spiro atoms. The predicted octanol–water partition coefficient (Wildman–Crippen LogP) is 1.06. The Kier molecular flexibility index (Phi) is 1.88. The van der Waals surface area contributed by atoms with E-state index in [4.69, 9.17) is 10.5 Å². The van der Waals surface area contributed by atoms with Crippen LogP contribution in [-0.4, -0.2) is 24.9 Å². The third-order valence-electron chi connectivity index (χ3n) is 2.08. The molecule has 1 fully saturated rings. The van der Waals surface area contributed by atoms with Crippen molar-refractivity contribution in [1.29, 1.82) is 0 Å². The average molecular weight is 169 g/mol. The van der Waals surface area contributed by atoms with E-state index in [0.29, 0.717) is 0 Å². The number of methoxy groups -OCH3 is 1. The van der Waals surface area contributed by atoms with Crippen LogP contribution in [0, 0.1) is 0 Å². The third-order valence-corrected chi connectivity index (χ3v) is 2.08. The standard InChI is InChI=1S/C6H10F3NO/c1-11-4-2-5(10,3-4)6(7,8)9/h4H,2-3,10H2,1H3. The van der Waals surface area contributed by atoms with Gasteiger partial charge in [-0.1, -0.05) is 0 Å². The fraction of sp³-hybridized carbons (Fsp3) is 1.00. The summed E-state index contributed by atoms with van der Waals surface area (Å²) in [5.74, 6) is 0. The number of ether oxygens (including phenoxy) is 1. The van der Waals surface area contributed by atoms with E-state index >= 15 is 0 Å². The molecule has 0 atom stereocenters. The molecule has 1 saturated carbocycles. The van der Waals surface area contributed by atoms with Gasteiger partial charge in [-0.05, 0) is 0 Å². The van der Waals surface area contributed by atoms with Crippen LogP contribution in [0.3, 0.4) is 0 Å². The highest BCUT2D eigenvalue weighted by molar-refractivity contribution is 5.04. The molecule has 2 nitrogen and oxygen atoms in total.